The highest BCUT2D eigenvalue weighted by Gasteiger charge is 2.15. The Morgan fingerprint density at radius 1 is 1.38 bits per heavy atom. The number of hydrogen-bond acceptors (Lipinski definition) is 1. The van der Waals surface area contributed by atoms with Crippen molar-refractivity contribution >= 4 is 15.9 Å². The first-order valence-electron chi connectivity index (χ1n) is 3.51. The molecule has 0 saturated carbocycles. The minimum atomic E-state index is -1.31. The lowest BCUT2D eigenvalue weighted by Crippen LogP contribution is -2.01. The normalized spacial score (nSPS) is 12.6. The Bertz CT molecular complexity index is 315. The van der Waals surface area contributed by atoms with E-state index < -0.39 is 17.7 Å². The van der Waals surface area contributed by atoms with Gasteiger partial charge in [-0.2, -0.15) is 0 Å². The third kappa shape index (κ3) is 2.14. The van der Waals surface area contributed by atoms with Crippen LogP contribution in [0.2, 0.25) is 0 Å². The summed E-state index contributed by atoms with van der Waals surface area (Å²) in [4.78, 5) is 0. The summed E-state index contributed by atoms with van der Waals surface area (Å²) in [5.41, 5.74) is -0.377. The predicted octanol–water partition coefficient (Wildman–Crippen LogP) is 2.95. The molecule has 0 fully saturated rings. The average molecular weight is 249 g/mol. The summed E-state index contributed by atoms with van der Waals surface area (Å²) in [6.45, 7) is 3.25. The van der Waals surface area contributed by atoms with Gasteiger partial charge in [-0.25, -0.2) is 8.78 Å². The number of hydrogen-bond donors (Lipinski definition) is 1. The third-order valence-electron chi connectivity index (χ3n) is 1.56. The lowest BCUT2D eigenvalue weighted by Gasteiger charge is -2.08. The zero-order chi connectivity index (χ0) is 10.0. The lowest BCUT2D eigenvalue weighted by molar-refractivity contribution is 0.217. The third-order valence-corrected chi connectivity index (χ3v) is 2.02. The fourth-order valence-corrected chi connectivity index (χ4v) is 1.36. The molecule has 0 aliphatic rings. The van der Waals surface area contributed by atoms with Crippen LogP contribution in [0.4, 0.5) is 8.78 Å². The molecule has 1 rings (SSSR count). The second-order valence-electron chi connectivity index (χ2n) is 2.46. The molecule has 0 bridgehead atoms. The van der Waals surface area contributed by atoms with E-state index in [-0.39, 0.29) is 5.56 Å². The SMILES string of the molecule is C=CC(O)c1c(F)cc(Br)cc1F. The van der Waals surface area contributed by atoms with Crippen LogP contribution in [0.5, 0.6) is 0 Å². The second-order valence-corrected chi connectivity index (χ2v) is 3.38. The summed E-state index contributed by atoms with van der Waals surface area (Å²) in [5.74, 6) is -1.58. The topological polar surface area (TPSA) is 20.2 Å². The maximum Gasteiger partial charge on any atom is 0.133 e. The van der Waals surface area contributed by atoms with Crippen molar-refractivity contribution in [2.75, 3.05) is 0 Å². The highest BCUT2D eigenvalue weighted by atomic mass is 79.9. The molecule has 0 aliphatic carbocycles. The van der Waals surface area contributed by atoms with Crippen LogP contribution in [0.1, 0.15) is 11.7 Å². The van der Waals surface area contributed by atoms with E-state index in [1.807, 2.05) is 0 Å². The van der Waals surface area contributed by atoms with Crippen LogP contribution < -0.4 is 0 Å². The van der Waals surface area contributed by atoms with Crippen LogP contribution in [-0.4, -0.2) is 5.11 Å². The summed E-state index contributed by atoms with van der Waals surface area (Å²) < 4.78 is 26.4. The summed E-state index contributed by atoms with van der Waals surface area (Å²) in [5, 5.41) is 9.17. The first kappa shape index (κ1) is 10.3. The molecular weight excluding hydrogens is 242 g/mol. The number of aliphatic hydroxyl groups is 1. The van der Waals surface area contributed by atoms with Crippen LogP contribution in [0, 0.1) is 11.6 Å². The molecule has 0 saturated heterocycles. The minimum absolute atomic E-state index is 0.294. The fraction of sp³-hybridized carbons (Fsp3) is 0.111. The molecule has 1 aromatic rings. The maximum absolute atomic E-state index is 13.1. The van der Waals surface area contributed by atoms with Crippen molar-refractivity contribution in [3.8, 4) is 0 Å². The van der Waals surface area contributed by atoms with Crippen molar-refractivity contribution in [2.24, 2.45) is 0 Å². The molecule has 1 nitrogen and oxygen atoms in total. The van der Waals surface area contributed by atoms with Gasteiger partial charge in [0.1, 0.15) is 17.7 Å². The van der Waals surface area contributed by atoms with Crippen molar-refractivity contribution in [2.45, 2.75) is 6.10 Å². The van der Waals surface area contributed by atoms with Gasteiger partial charge in [0.2, 0.25) is 0 Å². The van der Waals surface area contributed by atoms with E-state index in [1.54, 1.807) is 0 Å². The zero-order valence-electron chi connectivity index (χ0n) is 6.60. The van der Waals surface area contributed by atoms with Crippen LogP contribution >= 0.6 is 15.9 Å². The van der Waals surface area contributed by atoms with E-state index in [4.69, 9.17) is 5.11 Å². The Kier molecular flexibility index (Phi) is 3.17. The highest BCUT2D eigenvalue weighted by molar-refractivity contribution is 9.10. The Labute approximate surface area is 82.8 Å². The Hall–Kier alpha value is -0.740. The van der Waals surface area contributed by atoms with E-state index in [0.29, 0.717) is 4.47 Å². The van der Waals surface area contributed by atoms with E-state index in [1.165, 1.54) is 0 Å². The van der Waals surface area contributed by atoms with E-state index in [0.717, 1.165) is 18.2 Å². The molecular formula is C9H7BrF2O. The Balaban J connectivity index is 3.28. The smallest absolute Gasteiger partial charge is 0.133 e. The average Bonchev–Trinajstić information content (AvgIpc) is 2.02. The summed E-state index contributed by atoms with van der Waals surface area (Å²) >= 11 is 2.93. The number of benzene rings is 1. The van der Waals surface area contributed by atoms with E-state index >= 15 is 0 Å². The van der Waals surface area contributed by atoms with Gasteiger partial charge in [0.05, 0.1) is 5.56 Å². The molecule has 70 valence electrons. The summed E-state index contributed by atoms with van der Waals surface area (Å²) in [7, 11) is 0. The monoisotopic (exact) mass is 248 g/mol. The molecule has 0 amide bonds. The van der Waals surface area contributed by atoms with Crippen molar-refractivity contribution in [1.82, 2.24) is 0 Å². The zero-order valence-corrected chi connectivity index (χ0v) is 8.18. The predicted molar refractivity (Wildman–Crippen MR) is 49.2 cm³/mol. The molecule has 1 aromatic carbocycles. The van der Waals surface area contributed by atoms with E-state index in [9.17, 15) is 8.78 Å². The van der Waals surface area contributed by atoms with Crippen LogP contribution in [0.25, 0.3) is 0 Å². The van der Waals surface area contributed by atoms with Crippen molar-refractivity contribution in [3.05, 3.63) is 46.5 Å². The van der Waals surface area contributed by atoms with E-state index in [2.05, 4.69) is 22.5 Å². The summed E-state index contributed by atoms with van der Waals surface area (Å²) in [6.07, 6.45) is -0.247. The Morgan fingerprint density at radius 3 is 2.23 bits per heavy atom. The van der Waals surface area contributed by atoms with Crippen LogP contribution in [0.15, 0.2) is 29.3 Å². The van der Waals surface area contributed by atoms with Gasteiger partial charge in [0.15, 0.2) is 0 Å². The molecule has 0 heterocycles. The van der Waals surface area contributed by atoms with Crippen molar-refractivity contribution < 1.29 is 13.9 Å². The van der Waals surface area contributed by atoms with Crippen LogP contribution in [-0.2, 0) is 0 Å². The number of aliphatic hydroxyl groups excluding tert-OH is 1. The second kappa shape index (κ2) is 3.98. The van der Waals surface area contributed by atoms with Gasteiger partial charge in [-0.3, -0.25) is 0 Å². The minimum Gasteiger partial charge on any atom is -0.384 e. The standard InChI is InChI=1S/C9H7BrF2O/c1-2-8(13)9-6(11)3-5(10)4-7(9)12/h2-4,8,13H,1H2. The Morgan fingerprint density at radius 2 is 1.85 bits per heavy atom. The van der Waals surface area contributed by atoms with Gasteiger partial charge in [-0.1, -0.05) is 22.0 Å². The van der Waals surface area contributed by atoms with Gasteiger partial charge in [0, 0.05) is 4.47 Å². The maximum atomic E-state index is 13.1. The fourth-order valence-electron chi connectivity index (χ4n) is 0.954. The number of halogens is 3. The molecule has 0 radical (unpaired) electrons. The molecule has 1 atom stereocenters. The quantitative estimate of drug-likeness (QED) is 0.799. The van der Waals surface area contributed by atoms with Gasteiger partial charge in [0.25, 0.3) is 0 Å². The molecule has 13 heavy (non-hydrogen) atoms. The lowest BCUT2D eigenvalue weighted by atomic mass is 10.1. The van der Waals surface area contributed by atoms with Gasteiger partial charge in [-0.05, 0) is 12.1 Å². The molecule has 1 N–H and O–H groups in total. The molecule has 4 heteroatoms. The first-order chi connectivity index (χ1) is 6.06. The van der Waals surface area contributed by atoms with Crippen molar-refractivity contribution in [3.63, 3.8) is 0 Å². The largest absolute Gasteiger partial charge is 0.384 e. The highest BCUT2D eigenvalue weighted by Crippen LogP contribution is 2.25. The van der Waals surface area contributed by atoms with Crippen LogP contribution in [0.3, 0.4) is 0 Å². The van der Waals surface area contributed by atoms with Gasteiger partial charge >= 0.3 is 0 Å². The molecule has 1 unspecified atom stereocenters. The van der Waals surface area contributed by atoms with Gasteiger partial charge < -0.3 is 5.11 Å². The number of rotatable bonds is 2. The molecule has 0 aliphatic heterocycles. The first-order valence-corrected chi connectivity index (χ1v) is 4.30. The summed E-state index contributed by atoms with van der Waals surface area (Å²) in [6, 6.07) is 2.18. The van der Waals surface area contributed by atoms with Gasteiger partial charge in [-0.15, -0.1) is 6.58 Å². The molecule has 0 aromatic heterocycles. The molecule has 0 spiro atoms. The van der Waals surface area contributed by atoms with Crippen molar-refractivity contribution in [1.29, 1.82) is 0 Å².